The van der Waals surface area contributed by atoms with E-state index >= 15 is 0 Å². The molecule has 4 aliphatic rings. The number of piperidine rings is 1. The van der Waals surface area contributed by atoms with Crippen LogP contribution in [-0.4, -0.2) is 75.9 Å². The van der Waals surface area contributed by atoms with E-state index in [1.165, 1.54) is 11.3 Å². The van der Waals surface area contributed by atoms with E-state index in [4.69, 9.17) is 9.84 Å². The summed E-state index contributed by atoms with van der Waals surface area (Å²) in [7, 11) is 1.94. The van der Waals surface area contributed by atoms with Crippen molar-refractivity contribution in [2.24, 2.45) is 10.8 Å². The van der Waals surface area contributed by atoms with E-state index in [0.717, 1.165) is 57.7 Å². The van der Waals surface area contributed by atoms with Crippen LogP contribution in [0.4, 0.5) is 10.6 Å². The van der Waals surface area contributed by atoms with Crippen LogP contribution in [0.1, 0.15) is 84.0 Å². The molecule has 3 saturated heterocycles. The summed E-state index contributed by atoms with van der Waals surface area (Å²) in [5.41, 5.74) is 2.33. The zero-order chi connectivity index (χ0) is 25.6. The number of carbonyl (C=O) groups excluding carboxylic acids is 2. The molecule has 2 spiro atoms. The quantitative estimate of drug-likeness (QED) is 0.625. The highest BCUT2D eigenvalue weighted by molar-refractivity contribution is 5.79. The van der Waals surface area contributed by atoms with Gasteiger partial charge in [-0.05, 0) is 74.1 Å². The van der Waals surface area contributed by atoms with Gasteiger partial charge in [-0.1, -0.05) is 0 Å². The van der Waals surface area contributed by atoms with Gasteiger partial charge in [0.15, 0.2) is 5.82 Å². The Kier molecular flexibility index (Phi) is 5.33. The summed E-state index contributed by atoms with van der Waals surface area (Å²) >= 11 is 0. The molecular formula is C27H43N5O3. The predicted molar refractivity (Wildman–Crippen MR) is 136 cm³/mol. The molecule has 2 amide bonds. The molecular weight excluding hydrogens is 442 g/mol. The van der Waals surface area contributed by atoms with E-state index < -0.39 is 5.60 Å². The molecule has 194 valence electrons. The fourth-order valence-electron chi connectivity index (χ4n) is 7.32. The molecule has 0 radical (unpaired) electrons. The van der Waals surface area contributed by atoms with Crippen molar-refractivity contribution in [1.82, 2.24) is 19.6 Å². The van der Waals surface area contributed by atoms with E-state index in [9.17, 15) is 9.59 Å². The largest absolute Gasteiger partial charge is 0.444 e. The van der Waals surface area contributed by atoms with Crippen LogP contribution in [0.3, 0.4) is 0 Å². The van der Waals surface area contributed by atoms with Crippen molar-refractivity contribution in [2.75, 3.05) is 38.1 Å². The van der Waals surface area contributed by atoms with Gasteiger partial charge in [0.05, 0.1) is 6.04 Å². The first-order valence-corrected chi connectivity index (χ1v) is 13.2. The molecule has 4 fully saturated rings. The molecule has 1 atom stereocenters. The molecule has 1 aliphatic carbocycles. The van der Waals surface area contributed by atoms with Gasteiger partial charge in [-0.2, -0.15) is 5.10 Å². The predicted octanol–water partition coefficient (Wildman–Crippen LogP) is 4.30. The summed E-state index contributed by atoms with van der Waals surface area (Å²) in [6.07, 6.45) is 4.65. The standard InChI is InChI=1S/C27H43N5O3/c1-18-19(2)32(20-11-27(12-20)16-30(17-27)23(34)35-24(3,4)5)28-22(18)31-10-9-26(14-25(31,6)7)13-21(33)29(8)15-26/h20H,9-17H2,1-8H3. The number of hydrogen-bond acceptors (Lipinski definition) is 5. The van der Waals surface area contributed by atoms with Crippen molar-refractivity contribution in [3.05, 3.63) is 11.3 Å². The van der Waals surface area contributed by atoms with Crippen LogP contribution >= 0.6 is 0 Å². The maximum absolute atomic E-state index is 12.3. The lowest BCUT2D eigenvalue weighted by Gasteiger charge is -2.58. The average Bonchev–Trinajstić information content (AvgIpc) is 3.07. The van der Waals surface area contributed by atoms with Gasteiger partial charge in [0.2, 0.25) is 5.91 Å². The minimum Gasteiger partial charge on any atom is -0.444 e. The Labute approximate surface area is 209 Å². The van der Waals surface area contributed by atoms with E-state index in [0.29, 0.717) is 12.5 Å². The van der Waals surface area contributed by atoms with Gasteiger partial charge >= 0.3 is 6.09 Å². The Bertz CT molecular complexity index is 1040. The molecule has 1 unspecified atom stereocenters. The maximum atomic E-state index is 12.3. The average molecular weight is 486 g/mol. The second-order valence-electron chi connectivity index (χ2n) is 13.7. The molecule has 0 aromatic carbocycles. The van der Waals surface area contributed by atoms with Crippen LogP contribution in [0.5, 0.6) is 0 Å². The third-order valence-electron chi connectivity index (χ3n) is 9.00. The third kappa shape index (κ3) is 4.10. The first-order valence-electron chi connectivity index (χ1n) is 13.2. The number of likely N-dealkylation sites (tertiary alicyclic amines) is 2. The number of anilines is 1. The number of aromatic nitrogens is 2. The minimum absolute atomic E-state index is 0.0528. The number of carbonyl (C=O) groups is 2. The molecule has 35 heavy (non-hydrogen) atoms. The number of ether oxygens (including phenoxy) is 1. The topological polar surface area (TPSA) is 70.9 Å². The molecule has 0 bridgehead atoms. The highest BCUT2D eigenvalue weighted by Gasteiger charge is 2.56. The van der Waals surface area contributed by atoms with E-state index in [1.807, 2.05) is 37.6 Å². The molecule has 5 rings (SSSR count). The Hall–Kier alpha value is -2.25. The molecule has 3 aliphatic heterocycles. The van der Waals surface area contributed by atoms with Crippen molar-refractivity contribution in [3.63, 3.8) is 0 Å². The van der Waals surface area contributed by atoms with Crippen molar-refractivity contribution >= 4 is 17.8 Å². The summed E-state index contributed by atoms with van der Waals surface area (Å²) in [5, 5.41) is 5.18. The van der Waals surface area contributed by atoms with E-state index in [1.54, 1.807) is 0 Å². The lowest BCUT2D eigenvalue weighted by atomic mass is 9.61. The van der Waals surface area contributed by atoms with Crippen LogP contribution in [-0.2, 0) is 9.53 Å². The maximum Gasteiger partial charge on any atom is 0.410 e. The number of amides is 2. The van der Waals surface area contributed by atoms with Gasteiger partial charge in [-0.15, -0.1) is 0 Å². The summed E-state index contributed by atoms with van der Waals surface area (Å²) in [6.45, 7) is 18.1. The van der Waals surface area contributed by atoms with Gasteiger partial charge in [0.25, 0.3) is 0 Å². The van der Waals surface area contributed by atoms with E-state index in [2.05, 4.69) is 37.3 Å². The van der Waals surface area contributed by atoms with Gasteiger partial charge in [-0.3, -0.25) is 9.48 Å². The molecule has 1 aromatic heterocycles. The highest BCUT2D eigenvalue weighted by atomic mass is 16.6. The lowest BCUT2D eigenvalue weighted by Crippen LogP contribution is -2.64. The van der Waals surface area contributed by atoms with Crippen molar-refractivity contribution in [3.8, 4) is 0 Å². The van der Waals surface area contributed by atoms with Gasteiger partial charge in [-0.25, -0.2) is 4.79 Å². The SMILES string of the molecule is Cc1c(N2CCC3(CC(=O)N(C)C3)CC2(C)C)nn(C2CC3(C2)CN(C(=O)OC(C)(C)C)C3)c1C. The number of rotatable bonds is 2. The van der Waals surface area contributed by atoms with Crippen LogP contribution in [0.15, 0.2) is 0 Å². The van der Waals surface area contributed by atoms with Gasteiger partial charge in [0.1, 0.15) is 5.60 Å². The van der Waals surface area contributed by atoms with Crippen LogP contribution in [0, 0.1) is 24.7 Å². The fraction of sp³-hybridized carbons (Fsp3) is 0.815. The smallest absolute Gasteiger partial charge is 0.410 e. The summed E-state index contributed by atoms with van der Waals surface area (Å²) in [5.74, 6) is 1.38. The zero-order valence-electron chi connectivity index (χ0n) is 22.9. The van der Waals surface area contributed by atoms with Gasteiger partial charge < -0.3 is 19.4 Å². The second kappa shape index (κ2) is 7.62. The van der Waals surface area contributed by atoms with Crippen molar-refractivity contribution < 1.29 is 14.3 Å². The van der Waals surface area contributed by atoms with Crippen LogP contribution in [0.2, 0.25) is 0 Å². The molecule has 8 heteroatoms. The Balaban J connectivity index is 1.25. The molecule has 0 N–H and O–H groups in total. The highest BCUT2D eigenvalue weighted by Crippen LogP contribution is 2.55. The van der Waals surface area contributed by atoms with Crippen molar-refractivity contribution in [2.45, 2.75) is 97.8 Å². The molecule has 1 aromatic rings. The molecule has 4 heterocycles. The van der Waals surface area contributed by atoms with Gasteiger partial charge in [0, 0.05) is 67.3 Å². The normalized spacial score (nSPS) is 28.0. The summed E-state index contributed by atoms with van der Waals surface area (Å²) in [4.78, 5) is 30.9. The monoisotopic (exact) mass is 485 g/mol. The van der Waals surface area contributed by atoms with E-state index in [-0.39, 0.29) is 28.4 Å². The third-order valence-corrected chi connectivity index (χ3v) is 9.00. The van der Waals surface area contributed by atoms with Crippen LogP contribution < -0.4 is 4.90 Å². The molecule has 8 nitrogen and oxygen atoms in total. The Morgan fingerprint density at radius 1 is 1.09 bits per heavy atom. The zero-order valence-corrected chi connectivity index (χ0v) is 22.9. The fourth-order valence-corrected chi connectivity index (χ4v) is 7.32. The van der Waals surface area contributed by atoms with Crippen LogP contribution in [0.25, 0.3) is 0 Å². The first kappa shape index (κ1) is 24.4. The lowest BCUT2D eigenvalue weighted by molar-refractivity contribution is -0.126. The van der Waals surface area contributed by atoms with Crippen molar-refractivity contribution in [1.29, 1.82) is 0 Å². The summed E-state index contributed by atoms with van der Waals surface area (Å²) in [6, 6.07) is 0.392. The second-order valence-corrected chi connectivity index (χ2v) is 13.7. The number of hydrogen-bond donors (Lipinski definition) is 0. The molecule has 1 saturated carbocycles. The Morgan fingerprint density at radius 3 is 2.29 bits per heavy atom. The first-order chi connectivity index (χ1) is 16.1. The minimum atomic E-state index is -0.451. The Morgan fingerprint density at radius 2 is 1.74 bits per heavy atom. The summed E-state index contributed by atoms with van der Waals surface area (Å²) < 4.78 is 7.78. The number of nitrogens with zero attached hydrogens (tertiary/aromatic N) is 5.